The fourth-order valence-electron chi connectivity index (χ4n) is 4.57. The standard InChI is InChI=1S/C20H31N5O4S2/c1-2-3-7-25-19-5-4-17(31(21,28)29)13-18(19)22-20(25)14-23-8-10-24(11-9-23)16-6-12-30(26,27)15-16/h4-5,13,16H,2-3,6-12,14-15H2,1H3,(H2,21,28,29)/t16-/m0/s1. The topological polar surface area (TPSA) is 119 Å². The van der Waals surface area contributed by atoms with Gasteiger partial charge in [-0.3, -0.25) is 9.80 Å². The van der Waals surface area contributed by atoms with E-state index < -0.39 is 19.9 Å². The summed E-state index contributed by atoms with van der Waals surface area (Å²) in [5, 5.41) is 5.29. The van der Waals surface area contributed by atoms with Crippen LogP contribution in [-0.2, 0) is 33.0 Å². The molecule has 0 aliphatic carbocycles. The highest BCUT2D eigenvalue weighted by atomic mass is 32.2. The molecule has 2 aliphatic rings. The number of sulfonamides is 1. The van der Waals surface area contributed by atoms with Crippen molar-refractivity contribution in [3.63, 3.8) is 0 Å². The number of rotatable bonds is 7. The molecule has 3 heterocycles. The normalized spacial score (nSPS) is 23.0. The third-order valence-corrected chi connectivity index (χ3v) is 9.02. The SMILES string of the molecule is CCCCn1c(CN2CCN([C@H]3CCS(=O)(=O)C3)CC2)nc2cc(S(N)(=O)=O)ccc21. The molecule has 1 atom stereocenters. The molecule has 0 unspecified atom stereocenters. The highest BCUT2D eigenvalue weighted by Gasteiger charge is 2.33. The molecule has 2 fully saturated rings. The number of hydrogen-bond acceptors (Lipinski definition) is 7. The van der Waals surface area contributed by atoms with E-state index >= 15 is 0 Å². The molecule has 0 bridgehead atoms. The third kappa shape index (κ3) is 5.11. The zero-order chi connectivity index (χ0) is 22.2. The number of sulfone groups is 1. The van der Waals surface area contributed by atoms with Crippen molar-refractivity contribution in [2.24, 2.45) is 5.14 Å². The van der Waals surface area contributed by atoms with E-state index in [2.05, 4.69) is 21.3 Å². The first-order chi connectivity index (χ1) is 14.7. The maximum Gasteiger partial charge on any atom is 0.238 e. The van der Waals surface area contributed by atoms with E-state index in [9.17, 15) is 16.8 Å². The lowest BCUT2D eigenvalue weighted by Crippen LogP contribution is -2.50. The Hall–Kier alpha value is -1.53. The maximum absolute atomic E-state index is 11.8. The smallest absolute Gasteiger partial charge is 0.238 e. The Morgan fingerprint density at radius 3 is 2.55 bits per heavy atom. The molecule has 9 nitrogen and oxygen atoms in total. The van der Waals surface area contributed by atoms with Crippen molar-refractivity contribution in [3.8, 4) is 0 Å². The Bertz CT molecular complexity index is 1150. The minimum Gasteiger partial charge on any atom is -0.327 e. The van der Waals surface area contributed by atoms with Crippen LogP contribution in [0.5, 0.6) is 0 Å². The minimum absolute atomic E-state index is 0.0758. The number of piperazine rings is 1. The zero-order valence-corrected chi connectivity index (χ0v) is 19.5. The summed E-state index contributed by atoms with van der Waals surface area (Å²) < 4.78 is 49.2. The summed E-state index contributed by atoms with van der Waals surface area (Å²) in [4.78, 5) is 9.48. The summed E-state index contributed by atoms with van der Waals surface area (Å²) in [6.45, 7) is 7.07. The number of hydrogen-bond donors (Lipinski definition) is 1. The Balaban J connectivity index is 1.49. The molecule has 2 aliphatic heterocycles. The van der Waals surface area contributed by atoms with Crippen molar-refractivity contribution in [1.29, 1.82) is 0 Å². The number of nitrogens with two attached hydrogens (primary N) is 1. The maximum atomic E-state index is 11.8. The van der Waals surface area contributed by atoms with E-state index in [4.69, 9.17) is 10.1 Å². The van der Waals surface area contributed by atoms with Crippen molar-refractivity contribution in [2.45, 2.75) is 50.2 Å². The molecule has 2 N–H and O–H groups in total. The molecule has 0 amide bonds. The number of imidazole rings is 1. The second kappa shape index (κ2) is 8.78. The third-order valence-electron chi connectivity index (χ3n) is 6.36. The minimum atomic E-state index is -3.77. The molecule has 0 saturated carbocycles. The lowest BCUT2D eigenvalue weighted by molar-refractivity contribution is 0.0977. The molecule has 1 aromatic carbocycles. The van der Waals surface area contributed by atoms with Crippen molar-refractivity contribution in [2.75, 3.05) is 37.7 Å². The van der Waals surface area contributed by atoms with Gasteiger partial charge in [-0.25, -0.2) is 27.0 Å². The van der Waals surface area contributed by atoms with Crippen molar-refractivity contribution >= 4 is 30.9 Å². The van der Waals surface area contributed by atoms with Crippen LogP contribution < -0.4 is 5.14 Å². The lowest BCUT2D eigenvalue weighted by Gasteiger charge is -2.37. The van der Waals surface area contributed by atoms with Gasteiger partial charge in [0.15, 0.2) is 9.84 Å². The van der Waals surface area contributed by atoms with Crippen molar-refractivity contribution in [1.82, 2.24) is 19.4 Å². The first kappa shape index (κ1) is 22.7. The van der Waals surface area contributed by atoms with Gasteiger partial charge in [0, 0.05) is 38.8 Å². The lowest BCUT2D eigenvalue weighted by atomic mass is 10.2. The zero-order valence-electron chi connectivity index (χ0n) is 17.9. The van der Waals surface area contributed by atoms with Gasteiger partial charge >= 0.3 is 0 Å². The van der Waals surface area contributed by atoms with Crippen LogP contribution in [0.2, 0.25) is 0 Å². The molecule has 2 saturated heterocycles. The van der Waals surface area contributed by atoms with Crippen LogP contribution in [0.1, 0.15) is 32.0 Å². The van der Waals surface area contributed by atoms with E-state index in [-0.39, 0.29) is 16.7 Å². The first-order valence-corrected chi connectivity index (χ1v) is 14.2. The van der Waals surface area contributed by atoms with E-state index in [1.54, 1.807) is 18.2 Å². The quantitative estimate of drug-likeness (QED) is 0.637. The number of primary sulfonamides is 1. The van der Waals surface area contributed by atoms with Gasteiger partial charge < -0.3 is 4.57 Å². The van der Waals surface area contributed by atoms with Gasteiger partial charge in [-0.2, -0.15) is 0 Å². The molecule has 1 aromatic heterocycles. The molecule has 2 aromatic rings. The summed E-state index contributed by atoms with van der Waals surface area (Å²) in [5.41, 5.74) is 1.57. The number of aryl methyl sites for hydroxylation is 1. The second-order valence-electron chi connectivity index (χ2n) is 8.60. The van der Waals surface area contributed by atoms with Gasteiger partial charge in [-0.05, 0) is 31.0 Å². The highest BCUT2D eigenvalue weighted by Crippen LogP contribution is 2.23. The first-order valence-electron chi connectivity index (χ1n) is 10.8. The van der Waals surface area contributed by atoms with Crippen LogP contribution >= 0.6 is 0 Å². The largest absolute Gasteiger partial charge is 0.327 e. The summed E-state index contributed by atoms with van der Waals surface area (Å²) in [6, 6.07) is 5.03. The van der Waals surface area contributed by atoms with E-state index in [0.717, 1.165) is 63.3 Å². The van der Waals surface area contributed by atoms with Crippen LogP contribution in [0.4, 0.5) is 0 Å². The fraction of sp³-hybridized carbons (Fsp3) is 0.650. The summed E-state index contributed by atoms with van der Waals surface area (Å²) in [6.07, 6.45) is 2.80. The Labute approximate surface area is 184 Å². The molecule has 31 heavy (non-hydrogen) atoms. The number of fused-ring (bicyclic) bond motifs is 1. The molecule has 0 spiro atoms. The Kier molecular flexibility index (Phi) is 6.42. The van der Waals surface area contributed by atoms with Crippen LogP contribution in [0, 0.1) is 0 Å². The summed E-state index contributed by atoms with van der Waals surface area (Å²) >= 11 is 0. The number of unbranched alkanes of at least 4 members (excludes halogenated alkanes) is 1. The van der Waals surface area contributed by atoms with Gasteiger partial charge in [0.05, 0.1) is 34.0 Å². The van der Waals surface area contributed by atoms with Crippen LogP contribution in [0.15, 0.2) is 23.1 Å². The number of aromatic nitrogens is 2. The Morgan fingerprint density at radius 2 is 1.94 bits per heavy atom. The molecule has 4 rings (SSSR count). The fourth-order valence-corrected chi connectivity index (χ4v) is 6.87. The van der Waals surface area contributed by atoms with Gasteiger partial charge in [-0.15, -0.1) is 0 Å². The monoisotopic (exact) mass is 469 g/mol. The second-order valence-corrected chi connectivity index (χ2v) is 12.4. The Morgan fingerprint density at radius 1 is 1.19 bits per heavy atom. The predicted octanol–water partition coefficient (Wildman–Crippen LogP) is 0.789. The molecule has 0 radical (unpaired) electrons. The van der Waals surface area contributed by atoms with Crippen LogP contribution in [0.25, 0.3) is 11.0 Å². The van der Waals surface area contributed by atoms with Crippen molar-refractivity contribution < 1.29 is 16.8 Å². The highest BCUT2D eigenvalue weighted by molar-refractivity contribution is 7.91. The van der Waals surface area contributed by atoms with Gasteiger partial charge in [0.2, 0.25) is 10.0 Å². The van der Waals surface area contributed by atoms with Gasteiger partial charge in [0.1, 0.15) is 5.82 Å². The predicted molar refractivity (Wildman–Crippen MR) is 120 cm³/mol. The van der Waals surface area contributed by atoms with Gasteiger partial charge in [-0.1, -0.05) is 13.3 Å². The molecule has 172 valence electrons. The van der Waals surface area contributed by atoms with Crippen molar-refractivity contribution in [3.05, 3.63) is 24.0 Å². The van der Waals surface area contributed by atoms with E-state index in [1.807, 2.05) is 0 Å². The number of nitrogens with zero attached hydrogens (tertiary/aromatic N) is 4. The van der Waals surface area contributed by atoms with E-state index in [0.29, 0.717) is 17.8 Å². The van der Waals surface area contributed by atoms with Crippen LogP contribution in [-0.4, -0.2) is 79.9 Å². The van der Waals surface area contributed by atoms with Crippen LogP contribution in [0.3, 0.4) is 0 Å². The molecular formula is C20H31N5O4S2. The summed E-state index contributed by atoms with van der Waals surface area (Å²) in [5.74, 6) is 1.51. The average molecular weight is 470 g/mol. The molecular weight excluding hydrogens is 438 g/mol. The van der Waals surface area contributed by atoms with Gasteiger partial charge in [0.25, 0.3) is 0 Å². The van der Waals surface area contributed by atoms with E-state index in [1.165, 1.54) is 0 Å². The average Bonchev–Trinajstić information content (AvgIpc) is 3.25. The number of benzene rings is 1. The molecule has 11 heteroatoms. The summed E-state index contributed by atoms with van der Waals surface area (Å²) in [7, 11) is -6.64.